The molecule has 0 spiro atoms. The van der Waals surface area contributed by atoms with Crippen molar-refractivity contribution >= 4 is 35.0 Å². The minimum Gasteiger partial charge on any atom is -0.497 e. The summed E-state index contributed by atoms with van der Waals surface area (Å²) in [5, 5.41) is 23.6. The quantitative estimate of drug-likeness (QED) is 0.322. The van der Waals surface area contributed by atoms with Gasteiger partial charge >= 0.3 is 6.03 Å². The van der Waals surface area contributed by atoms with Crippen molar-refractivity contribution < 1.29 is 24.2 Å². The van der Waals surface area contributed by atoms with E-state index in [0.29, 0.717) is 35.5 Å². The van der Waals surface area contributed by atoms with Crippen LogP contribution in [0.2, 0.25) is 0 Å². The molecule has 2 bridgehead atoms. The van der Waals surface area contributed by atoms with Crippen molar-refractivity contribution in [1.29, 1.82) is 0 Å². The van der Waals surface area contributed by atoms with Gasteiger partial charge in [0.25, 0.3) is 12.4 Å². The van der Waals surface area contributed by atoms with Gasteiger partial charge < -0.3 is 30.7 Å². The number of carbonyl (C=O) groups excluding carboxylic acids is 2. The number of nitrogens with zero attached hydrogens (tertiary/aromatic N) is 2. The van der Waals surface area contributed by atoms with Gasteiger partial charge in [0.15, 0.2) is 5.69 Å². The molecule has 11 nitrogen and oxygen atoms in total. The van der Waals surface area contributed by atoms with Crippen molar-refractivity contribution in [2.75, 3.05) is 19.5 Å². The van der Waals surface area contributed by atoms with E-state index in [0.717, 1.165) is 29.5 Å². The molecule has 3 aromatic rings. The Morgan fingerprint density at radius 3 is 2.62 bits per heavy atom. The fourth-order valence-corrected chi connectivity index (χ4v) is 5.19. The first-order chi connectivity index (χ1) is 17.9. The van der Waals surface area contributed by atoms with Crippen LogP contribution in [0.5, 0.6) is 5.75 Å². The van der Waals surface area contributed by atoms with Crippen LogP contribution < -0.4 is 20.7 Å². The number of amides is 3. The number of nitrogens with one attached hydrogen (secondary N) is 4. The van der Waals surface area contributed by atoms with E-state index in [1.54, 1.807) is 19.2 Å². The number of methoxy groups -OCH3 is 1. The Labute approximate surface area is 214 Å². The first-order valence-electron chi connectivity index (χ1n) is 12.2. The predicted molar refractivity (Wildman–Crippen MR) is 139 cm³/mol. The first-order valence-corrected chi connectivity index (χ1v) is 12.2. The molecule has 5 N–H and O–H groups in total. The molecule has 0 aliphatic carbocycles. The molecule has 3 heterocycles. The number of fused-ring (bicyclic) bond motifs is 3. The summed E-state index contributed by atoms with van der Waals surface area (Å²) in [6, 6.07) is 13.9. The summed E-state index contributed by atoms with van der Waals surface area (Å²) >= 11 is 0. The lowest BCUT2D eigenvalue weighted by molar-refractivity contribution is -0.122. The van der Waals surface area contributed by atoms with E-state index < -0.39 is 0 Å². The molecule has 196 valence electrons. The van der Waals surface area contributed by atoms with Crippen LogP contribution in [-0.4, -0.2) is 70.9 Å². The molecule has 1 aromatic heterocycles. The van der Waals surface area contributed by atoms with Crippen LogP contribution in [0.3, 0.4) is 0 Å². The Kier molecular flexibility index (Phi) is 8.24. The van der Waals surface area contributed by atoms with Gasteiger partial charge in [0.1, 0.15) is 5.75 Å². The lowest BCUT2D eigenvalue weighted by Gasteiger charge is -2.36. The number of benzene rings is 2. The summed E-state index contributed by atoms with van der Waals surface area (Å²) in [5.74, 6) is 0.587. The van der Waals surface area contributed by atoms with E-state index in [1.807, 2.05) is 30.3 Å². The van der Waals surface area contributed by atoms with E-state index in [-0.39, 0.29) is 24.5 Å². The first kappa shape index (κ1) is 26.0. The number of anilines is 1. The molecule has 11 heteroatoms. The fourth-order valence-electron chi connectivity index (χ4n) is 5.19. The van der Waals surface area contributed by atoms with E-state index >= 15 is 0 Å². The second-order valence-corrected chi connectivity index (χ2v) is 9.29. The van der Waals surface area contributed by atoms with E-state index in [2.05, 4.69) is 38.1 Å². The number of ether oxygens (including phenoxy) is 1. The highest BCUT2D eigenvalue weighted by Gasteiger charge is 2.39. The van der Waals surface area contributed by atoms with Crippen LogP contribution in [0.25, 0.3) is 10.9 Å². The van der Waals surface area contributed by atoms with Crippen LogP contribution in [0.15, 0.2) is 42.5 Å². The Balaban J connectivity index is 0.00000102. The van der Waals surface area contributed by atoms with Crippen LogP contribution in [0.1, 0.15) is 41.7 Å². The number of aromatic amines is 1. The molecule has 5 rings (SSSR count). The largest absolute Gasteiger partial charge is 0.497 e. The average molecular weight is 509 g/mol. The maximum Gasteiger partial charge on any atom is 0.319 e. The second-order valence-electron chi connectivity index (χ2n) is 9.29. The highest BCUT2D eigenvalue weighted by atomic mass is 16.5. The number of H-pyrrole nitrogens is 1. The van der Waals surface area contributed by atoms with Gasteiger partial charge in [-0.3, -0.25) is 14.7 Å². The summed E-state index contributed by atoms with van der Waals surface area (Å²) < 4.78 is 5.21. The molecule has 2 saturated heterocycles. The zero-order valence-electron chi connectivity index (χ0n) is 20.9. The zero-order chi connectivity index (χ0) is 26.4. The van der Waals surface area contributed by atoms with E-state index in [9.17, 15) is 9.59 Å². The maximum absolute atomic E-state index is 12.9. The number of piperidine rings is 1. The third-order valence-corrected chi connectivity index (χ3v) is 7.06. The summed E-state index contributed by atoms with van der Waals surface area (Å²) in [6.45, 7) is 0.123. The van der Waals surface area contributed by atoms with Crippen molar-refractivity contribution in [2.45, 2.75) is 50.4 Å². The van der Waals surface area contributed by atoms with Gasteiger partial charge in [0.2, 0.25) is 0 Å². The van der Waals surface area contributed by atoms with E-state index in [1.165, 1.54) is 12.8 Å². The molecule has 2 fully saturated rings. The molecule has 2 aliphatic heterocycles. The second kappa shape index (κ2) is 11.7. The molecule has 0 saturated carbocycles. The monoisotopic (exact) mass is 508 g/mol. The number of aromatic nitrogens is 2. The van der Waals surface area contributed by atoms with Gasteiger partial charge in [-0.15, -0.1) is 0 Å². The highest BCUT2D eigenvalue weighted by Crippen LogP contribution is 2.34. The Bertz CT molecular complexity index is 1250. The highest BCUT2D eigenvalue weighted by molar-refractivity contribution is 6.05. The molecular formula is C26H32N6O5. The normalized spacial score (nSPS) is 20.4. The van der Waals surface area contributed by atoms with Gasteiger partial charge in [-0.2, -0.15) is 5.10 Å². The molecule has 2 aromatic carbocycles. The number of carbonyl (C=O) groups is 3. The number of hydrogen-bond acceptors (Lipinski definition) is 6. The van der Waals surface area contributed by atoms with Crippen LogP contribution in [-0.2, 0) is 11.3 Å². The maximum atomic E-state index is 12.9. The summed E-state index contributed by atoms with van der Waals surface area (Å²) in [4.78, 5) is 36.1. The lowest BCUT2D eigenvalue weighted by Crippen LogP contribution is -2.48. The van der Waals surface area contributed by atoms with Crippen LogP contribution in [0, 0.1) is 0 Å². The smallest absolute Gasteiger partial charge is 0.319 e. The summed E-state index contributed by atoms with van der Waals surface area (Å²) in [5.41, 5.74) is 2.62. The van der Waals surface area contributed by atoms with Crippen LogP contribution >= 0.6 is 0 Å². The fraction of sp³-hybridized carbons (Fsp3) is 0.385. The molecule has 0 radical (unpaired) electrons. The number of urea groups is 1. The Morgan fingerprint density at radius 1 is 1.19 bits per heavy atom. The average Bonchev–Trinajstić information content (AvgIpc) is 3.39. The Hall–Kier alpha value is -4.12. The molecule has 3 amide bonds. The van der Waals surface area contributed by atoms with Gasteiger partial charge in [0.05, 0.1) is 12.6 Å². The number of carboxylic acid groups (broad SMARTS) is 1. The zero-order valence-corrected chi connectivity index (χ0v) is 20.9. The minimum absolute atomic E-state index is 0.156. The third kappa shape index (κ3) is 6.18. The van der Waals surface area contributed by atoms with Crippen molar-refractivity contribution in [1.82, 2.24) is 25.7 Å². The SMILES string of the molecule is COc1cccc(CNC(=O)Nc2ccc3c(C(=O)NC4CC5CCC(C4)N5C)n[nH]c3c2)c1.O=CO. The predicted octanol–water partition coefficient (Wildman–Crippen LogP) is 2.95. The molecule has 2 aliphatic rings. The standard InChI is InChI=1S/C25H30N6O3.CH2O2/c1-31-18-7-8-19(31)12-17(11-18)27-24(32)23-21-9-6-16(13-22(21)29-30-23)28-25(33)26-14-15-4-3-5-20(10-15)34-2;2-1-3/h3-6,9-10,13,17-19H,7-8,11-12,14H2,1-2H3,(H,27,32)(H,29,30)(H2,26,28,33);1H,(H,2,3). The van der Waals surface area contributed by atoms with Gasteiger partial charge in [-0.1, -0.05) is 12.1 Å². The van der Waals surface area contributed by atoms with Gasteiger partial charge in [0, 0.05) is 35.7 Å². The third-order valence-electron chi connectivity index (χ3n) is 7.06. The van der Waals surface area contributed by atoms with Crippen molar-refractivity contribution in [2.24, 2.45) is 0 Å². The van der Waals surface area contributed by atoms with Crippen molar-refractivity contribution in [3.8, 4) is 5.75 Å². The van der Waals surface area contributed by atoms with Crippen molar-refractivity contribution in [3.63, 3.8) is 0 Å². The van der Waals surface area contributed by atoms with Gasteiger partial charge in [-0.25, -0.2) is 4.79 Å². The van der Waals surface area contributed by atoms with Crippen molar-refractivity contribution in [3.05, 3.63) is 53.7 Å². The summed E-state index contributed by atoms with van der Waals surface area (Å²) in [6.07, 6.45) is 4.39. The number of hydrogen-bond donors (Lipinski definition) is 5. The van der Waals surface area contributed by atoms with E-state index in [4.69, 9.17) is 14.6 Å². The summed E-state index contributed by atoms with van der Waals surface area (Å²) in [7, 11) is 3.80. The molecule has 2 unspecified atom stereocenters. The van der Waals surface area contributed by atoms with Gasteiger partial charge in [-0.05, 0) is 68.6 Å². The number of rotatable bonds is 6. The molecule has 2 atom stereocenters. The van der Waals surface area contributed by atoms with Crippen LogP contribution in [0.4, 0.5) is 10.5 Å². The molecular weight excluding hydrogens is 476 g/mol. The molecule has 37 heavy (non-hydrogen) atoms. The Morgan fingerprint density at radius 2 is 1.92 bits per heavy atom. The lowest BCUT2D eigenvalue weighted by atomic mass is 9.98. The minimum atomic E-state index is -0.323. The topological polar surface area (TPSA) is 149 Å².